The highest BCUT2D eigenvalue weighted by atomic mass is 19.4. The van der Waals surface area contributed by atoms with Crippen LogP contribution in [0.25, 0.3) is 0 Å². The van der Waals surface area contributed by atoms with Gasteiger partial charge in [0.2, 0.25) is 5.91 Å². The van der Waals surface area contributed by atoms with E-state index in [9.17, 15) is 35.9 Å². The van der Waals surface area contributed by atoms with Crippen LogP contribution >= 0.6 is 0 Å². The number of nitriles is 1. The van der Waals surface area contributed by atoms with Crippen molar-refractivity contribution in [3.63, 3.8) is 0 Å². The van der Waals surface area contributed by atoms with E-state index in [2.05, 4.69) is 10.1 Å². The molecule has 3 unspecified atom stereocenters. The molecule has 180 valence electrons. The maximum absolute atomic E-state index is 13.7. The molecule has 7 nitrogen and oxygen atoms in total. The fraction of sp³-hybridized carbons (Fsp3) is 0.550. The van der Waals surface area contributed by atoms with Crippen LogP contribution in [0, 0.1) is 11.3 Å². The lowest BCUT2D eigenvalue weighted by molar-refractivity contribution is -0.156. The summed E-state index contributed by atoms with van der Waals surface area (Å²) >= 11 is 0. The standard InChI is InChI=1S/C20H20F6N4O3/c1-33-18(32)30-6-4-29(5-7-30)17(31)15-9-13(16(28-15)20(24,25)26)11-2-3-12(10-27)14(8-11)19(21,22)23/h2-3,8,13,15-16,28H,4-7,9H2,1H3. The first-order valence-corrected chi connectivity index (χ1v) is 9.92. The van der Waals surface area contributed by atoms with E-state index in [1.54, 1.807) is 0 Å². The molecule has 0 spiro atoms. The van der Waals surface area contributed by atoms with Crippen LogP contribution in [0.2, 0.25) is 0 Å². The molecule has 3 atom stereocenters. The van der Waals surface area contributed by atoms with Gasteiger partial charge in [0.15, 0.2) is 0 Å². The Labute approximate surface area is 184 Å². The molecular weight excluding hydrogens is 458 g/mol. The van der Waals surface area contributed by atoms with Crippen LogP contribution in [0.1, 0.15) is 29.0 Å². The normalized spacial score (nSPS) is 23.9. The largest absolute Gasteiger partial charge is 0.453 e. The van der Waals surface area contributed by atoms with E-state index in [0.717, 1.165) is 12.1 Å². The number of amides is 2. The molecule has 1 N–H and O–H groups in total. The Bertz CT molecular complexity index is 951. The van der Waals surface area contributed by atoms with Gasteiger partial charge in [0.05, 0.1) is 30.3 Å². The zero-order valence-corrected chi connectivity index (χ0v) is 17.3. The Kier molecular flexibility index (Phi) is 6.78. The number of ether oxygens (including phenoxy) is 1. The van der Waals surface area contributed by atoms with Crippen LogP contribution < -0.4 is 5.32 Å². The Morgan fingerprint density at radius 2 is 1.70 bits per heavy atom. The van der Waals surface area contributed by atoms with E-state index < -0.39 is 53.5 Å². The molecule has 2 amide bonds. The van der Waals surface area contributed by atoms with E-state index in [4.69, 9.17) is 5.26 Å². The van der Waals surface area contributed by atoms with Gasteiger partial charge in [-0.2, -0.15) is 31.6 Å². The summed E-state index contributed by atoms with van der Waals surface area (Å²) in [6, 6.07) is 0.329. The fourth-order valence-electron chi connectivity index (χ4n) is 4.20. The summed E-state index contributed by atoms with van der Waals surface area (Å²) in [4.78, 5) is 27.1. The van der Waals surface area contributed by atoms with E-state index in [-0.39, 0.29) is 38.2 Å². The van der Waals surface area contributed by atoms with Crippen LogP contribution in [0.4, 0.5) is 31.1 Å². The van der Waals surface area contributed by atoms with Crippen molar-refractivity contribution in [3.05, 3.63) is 34.9 Å². The number of nitrogens with zero attached hydrogens (tertiary/aromatic N) is 3. The number of nitrogens with one attached hydrogen (secondary N) is 1. The molecule has 0 aromatic heterocycles. The molecule has 2 aliphatic heterocycles. The number of piperazine rings is 1. The summed E-state index contributed by atoms with van der Waals surface area (Å²) in [5.41, 5.74) is -2.28. The van der Waals surface area contributed by atoms with Gasteiger partial charge < -0.3 is 14.5 Å². The molecule has 1 aromatic rings. The summed E-state index contributed by atoms with van der Waals surface area (Å²) < 4.78 is 85.7. The number of hydrogen-bond acceptors (Lipinski definition) is 5. The lowest BCUT2D eigenvalue weighted by Gasteiger charge is -2.35. The third kappa shape index (κ3) is 5.16. The van der Waals surface area contributed by atoms with Gasteiger partial charge in [-0.25, -0.2) is 4.79 Å². The summed E-state index contributed by atoms with van der Waals surface area (Å²) in [6.07, 6.45) is -10.7. The Balaban J connectivity index is 1.82. The van der Waals surface area contributed by atoms with Gasteiger partial charge in [0.1, 0.15) is 6.04 Å². The average Bonchev–Trinajstić information content (AvgIpc) is 3.23. The molecule has 2 fully saturated rings. The van der Waals surface area contributed by atoms with Gasteiger partial charge in [0, 0.05) is 32.1 Å². The molecule has 2 heterocycles. The molecule has 13 heteroatoms. The lowest BCUT2D eigenvalue weighted by atomic mass is 9.88. The second kappa shape index (κ2) is 9.09. The summed E-state index contributed by atoms with van der Waals surface area (Å²) in [7, 11) is 1.20. The highest BCUT2D eigenvalue weighted by Gasteiger charge is 2.53. The molecule has 1 aromatic carbocycles. The minimum absolute atomic E-state index is 0.0859. The van der Waals surface area contributed by atoms with Gasteiger partial charge >= 0.3 is 18.4 Å². The van der Waals surface area contributed by atoms with Gasteiger partial charge in [-0.3, -0.25) is 10.1 Å². The fourth-order valence-corrected chi connectivity index (χ4v) is 4.20. The van der Waals surface area contributed by atoms with Crippen molar-refractivity contribution in [3.8, 4) is 6.07 Å². The van der Waals surface area contributed by atoms with Gasteiger partial charge in [-0.15, -0.1) is 0 Å². The molecule has 0 aliphatic carbocycles. The van der Waals surface area contributed by atoms with E-state index in [1.807, 2.05) is 0 Å². The molecule has 0 saturated carbocycles. The number of carbonyl (C=O) groups excluding carboxylic acids is 2. The predicted molar refractivity (Wildman–Crippen MR) is 101 cm³/mol. The van der Waals surface area contributed by atoms with Gasteiger partial charge in [-0.05, 0) is 24.1 Å². The zero-order chi connectivity index (χ0) is 24.6. The minimum Gasteiger partial charge on any atom is -0.453 e. The van der Waals surface area contributed by atoms with Crippen molar-refractivity contribution in [2.75, 3.05) is 33.3 Å². The van der Waals surface area contributed by atoms with Crippen LogP contribution in [0.5, 0.6) is 0 Å². The third-order valence-corrected chi connectivity index (χ3v) is 5.85. The number of carbonyl (C=O) groups is 2. The number of halogens is 6. The molecule has 33 heavy (non-hydrogen) atoms. The van der Waals surface area contributed by atoms with Crippen molar-refractivity contribution < 1.29 is 40.7 Å². The van der Waals surface area contributed by atoms with Crippen LogP contribution in [-0.2, 0) is 15.7 Å². The summed E-state index contributed by atoms with van der Waals surface area (Å²) in [6.45, 7) is 0.453. The van der Waals surface area contributed by atoms with Crippen molar-refractivity contribution in [2.45, 2.75) is 36.8 Å². The second-order valence-corrected chi connectivity index (χ2v) is 7.78. The SMILES string of the molecule is COC(=O)N1CCN(C(=O)C2CC(c3ccc(C#N)c(C(F)(F)F)c3)C(C(F)(F)F)N2)CC1. The monoisotopic (exact) mass is 478 g/mol. The maximum Gasteiger partial charge on any atom is 0.417 e. The second-order valence-electron chi connectivity index (χ2n) is 7.78. The Morgan fingerprint density at radius 3 is 2.21 bits per heavy atom. The number of rotatable bonds is 2. The number of hydrogen-bond donors (Lipinski definition) is 1. The van der Waals surface area contributed by atoms with Crippen molar-refractivity contribution in [1.29, 1.82) is 5.26 Å². The average molecular weight is 478 g/mol. The predicted octanol–water partition coefficient (Wildman–Crippen LogP) is 2.86. The molecule has 0 radical (unpaired) electrons. The summed E-state index contributed by atoms with van der Waals surface area (Å²) in [5, 5.41) is 11.2. The van der Waals surface area contributed by atoms with E-state index in [1.165, 1.54) is 23.0 Å². The van der Waals surface area contributed by atoms with Gasteiger partial charge in [-0.1, -0.05) is 6.07 Å². The third-order valence-electron chi connectivity index (χ3n) is 5.85. The van der Waals surface area contributed by atoms with Crippen LogP contribution in [0.3, 0.4) is 0 Å². The van der Waals surface area contributed by atoms with Crippen molar-refractivity contribution >= 4 is 12.0 Å². The molecular formula is C20H20F6N4O3. The Hall–Kier alpha value is -3.01. The first-order valence-electron chi connectivity index (χ1n) is 9.92. The first kappa shape index (κ1) is 24.6. The van der Waals surface area contributed by atoms with E-state index >= 15 is 0 Å². The minimum atomic E-state index is -4.92. The van der Waals surface area contributed by atoms with Crippen molar-refractivity contribution in [2.24, 2.45) is 0 Å². The highest BCUT2D eigenvalue weighted by Crippen LogP contribution is 2.42. The lowest BCUT2D eigenvalue weighted by Crippen LogP contribution is -2.55. The van der Waals surface area contributed by atoms with Crippen LogP contribution in [-0.4, -0.2) is 73.3 Å². The number of methoxy groups -OCH3 is 1. The zero-order valence-electron chi connectivity index (χ0n) is 17.3. The molecule has 2 saturated heterocycles. The molecule has 0 bridgehead atoms. The smallest absolute Gasteiger partial charge is 0.417 e. The summed E-state index contributed by atoms with van der Waals surface area (Å²) in [5.74, 6) is -2.08. The van der Waals surface area contributed by atoms with Gasteiger partial charge in [0.25, 0.3) is 0 Å². The quantitative estimate of drug-likeness (QED) is 0.661. The highest BCUT2D eigenvalue weighted by molar-refractivity contribution is 5.83. The first-order chi connectivity index (χ1) is 15.4. The van der Waals surface area contributed by atoms with E-state index in [0.29, 0.717) is 6.07 Å². The molecule has 3 rings (SSSR count). The maximum atomic E-state index is 13.7. The number of benzene rings is 1. The topological polar surface area (TPSA) is 85.7 Å². The van der Waals surface area contributed by atoms with Crippen LogP contribution in [0.15, 0.2) is 18.2 Å². The number of alkyl halides is 6. The Morgan fingerprint density at radius 1 is 1.09 bits per heavy atom. The van der Waals surface area contributed by atoms with Crippen molar-refractivity contribution in [1.82, 2.24) is 15.1 Å². The molecule has 2 aliphatic rings.